The fourth-order valence-corrected chi connectivity index (χ4v) is 2.75. The highest BCUT2D eigenvalue weighted by Gasteiger charge is 2.25. The van der Waals surface area contributed by atoms with Crippen LogP contribution in [0.3, 0.4) is 0 Å². The molecule has 1 aliphatic heterocycles. The average molecular weight is 380 g/mol. The lowest BCUT2D eigenvalue weighted by Gasteiger charge is -2.32. The first kappa shape index (κ1) is 18.2. The zero-order chi connectivity index (χ0) is 16.8. The van der Waals surface area contributed by atoms with E-state index in [2.05, 4.69) is 5.32 Å². The molecular weight excluding hydrogens is 363 g/mol. The van der Waals surface area contributed by atoms with Crippen molar-refractivity contribution in [3.05, 3.63) is 33.8 Å². The van der Waals surface area contributed by atoms with Crippen molar-refractivity contribution in [3.8, 4) is 0 Å². The SMILES string of the molecule is O=C(NC1CCN(C(=O)c2ccc(Cl)c(Cl)c2)CC1)OCCCl. The summed E-state index contributed by atoms with van der Waals surface area (Å²) in [6.45, 7) is 1.29. The lowest BCUT2D eigenvalue weighted by Crippen LogP contribution is -2.46. The highest BCUT2D eigenvalue weighted by atomic mass is 35.5. The van der Waals surface area contributed by atoms with E-state index in [1.165, 1.54) is 0 Å². The summed E-state index contributed by atoms with van der Waals surface area (Å²) in [5.41, 5.74) is 0.507. The molecule has 0 aliphatic carbocycles. The van der Waals surface area contributed by atoms with E-state index in [9.17, 15) is 9.59 Å². The molecule has 1 heterocycles. The number of nitrogens with zero attached hydrogens (tertiary/aromatic N) is 1. The maximum Gasteiger partial charge on any atom is 0.407 e. The summed E-state index contributed by atoms with van der Waals surface area (Å²) in [7, 11) is 0. The predicted molar refractivity (Wildman–Crippen MR) is 90.6 cm³/mol. The van der Waals surface area contributed by atoms with Gasteiger partial charge in [-0.15, -0.1) is 11.6 Å². The summed E-state index contributed by atoms with van der Waals surface area (Å²) in [5.74, 6) is 0.177. The molecule has 2 rings (SSSR count). The van der Waals surface area contributed by atoms with Crippen molar-refractivity contribution in [2.75, 3.05) is 25.6 Å². The number of alkyl halides is 1. The Balaban J connectivity index is 1.85. The molecule has 1 fully saturated rings. The number of carbonyl (C=O) groups is 2. The van der Waals surface area contributed by atoms with Gasteiger partial charge in [0.25, 0.3) is 5.91 Å². The van der Waals surface area contributed by atoms with Gasteiger partial charge >= 0.3 is 6.09 Å². The Morgan fingerprint density at radius 1 is 1.22 bits per heavy atom. The monoisotopic (exact) mass is 378 g/mol. The zero-order valence-corrected chi connectivity index (χ0v) is 14.6. The quantitative estimate of drug-likeness (QED) is 0.814. The van der Waals surface area contributed by atoms with E-state index in [4.69, 9.17) is 39.5 Å². The molecule has 0 unspecified atom stereocenters. The van der Waals surface area contributed by atoms with E-state index in [1.807, 2.05) is 0 Å². The van der Waals surface area contributed by atoms with Crippen molar-refractivity contribution in [1.82, 2.24) is 10.2 Å². The number of amides is 2. The number of piperidine rings is 1. The zero-order valence-electron chi connectivity index (χ0n) is 12.4. The molecule has 0 bridgehead atoms. The summed E-state index contributed by atoms with van der Waals surface area (Å²) >= 11 is 17.3. The molecule has 1 aliphatic rings. The molecule has 8 heteroatoms. The molecule has 1 saturated heterocycles. The van der Waals surface area contributed by atoms with E-state index in [0.29, 0.717) is 41.5 Å². The highest BCUT2D eigenvalue weighted by molar-refractivity contribution is 6.42. The van der Waals surface area contributed by atoms with E-state index in [-0.39, 0.29) is 24.4 Å². The van der Waals surface area contributed by atoms with E-state index in [1.54, 1.807) is 23.1 Å². The number of likely N-dealkylation sites (tertiary alicyclic amines) is 1. The lowest BCUT2D eigenvalue weighted by atomic mass is 10.0. The fourth-order valence-electron chi connectivity index (χ4n) is 2.38. The number of carbonyl (C=O) groups excluding carboxylic acids is 2. The largest absolute Gasteiger partial charge is 0.448 e. The van der Waals surface area contributed by atoms with Crippen molar-refractivity contribution in [3.63, 3.8) is 0 Å². The van der Waals surface area contributed by atoms with Crippen LogP contribution in [0.5, 0.6) is 0 Å². The second-order valence-electron chi connectivity index (χ2n) is 5.16. The third kappa shape index (κ3) is 5.16. The predicted octanol–water partition coefficient (Wildman–Crippen LogP) is 3.56. The minimum Gasteiger partial charge on any atom is -0.448 e. The van der Waals surface area contributed by atoms with Crippen molar-refractivity contribution < 1.29 is 14.3 Å². The molecule has 23 heavy (non-hydrogen) atoms. The van der Waals surface area contributed by atoms with Gasteiger partial charge in [0.1, 0.15) is 6.61 Å². The van der Waals surface area contributed by atoms with E-state index >= 15 is 0 Å². The third-order valence-electron chi connectivity index (χ3n) is 3.58. The van der Waals surface area contributed by atoms with Crippen LogP contribution in [0.4, 0.5) is 4.79 Å². The van der Waals surface area contributed by atoms with Crippen LogP contribution in [0.15, 0.2) is 18.2 Å². The molecule has 0 saturated carbocycles. The van der Waals surface area contributed by atoms with Crippen LogP contribution < -0.4 is 5.32 Å². The number of halogens is 3. The Morgan fingerprint density at radius 2 is 1.91 bits per heavy atom. The van der Waals surface area contributed by atoms with Gasteiger partial charge in [-0.2, -0.15) is 0 Å². The summed E-state index contributed by atoms with van der Waals surface area (Å²) in [6.07, 6.45) is 0.867. The highest BCUT2D eigenvalue weighted by Crippen LogP contribution is 2.24. The number of hydrogen-bond acceptors (Lipinski definition) is 3. The second kappa shape index (κ2) is 8.62. The molecule has 1 N–H and O–H groups in total. The fraction of sp³-hybridized carbons (Fsp3) is 0.467. The Hall–Kier alpha value is -1.17. The number of hydrogen-bond donors (Lipinski definition) is 1. The van der Waals surface area contributed by atoms with Gasteiger partial charge in [0.05, 0.1) is 15.9 Å². The molecule has 0 aromatic heterocycles. The summed E-state index contributed by atoms with van der Waals surface area (Å²) in [5, 5.41) is 3.55. The lowest BCUT2D eigenvalue weighted by molar-refractivity contribution is 0.0702. The maximum absolute atomic E-state index is 12.4. The number of benzene rings is 1. The molecule has 126 valence electrons. The normalized spacial score (nSPS) is 15.3. The molecule has 1 aromatic carbocycles. The molecule has 0 atom stereocenters. The van der Waals surface area contributed by atoms with Crippen molar-refractivity contribution in [1.29, 1.82) is 0 Å². The van der Waals surface area contributed by atoms with E-state index in [0.717, 1.165) is 0 Å². The Labute approximate surface area is 149 Å². The van der Waals surface area contributed by atoms with Gasteiger partial charge in [0.2, 0.25) is 0 Å². The first-order chi connectivity index (χ1) is 11.0. The van der Waals surface area contributed by atoms with Crippen molar-refractivity contribution in [2.24, 2.45) is 0 Å². The van der Waals surface area contributed by atoms with Crippen molar-refractivity contribution >= 4 is 46.8 Å². The van der Waals surface area contributed by atoms with Gasteiger partial charge in [-0.25, -0.2) is 4.79 Å². The Kier molecular flexibility index (Phi) is 6.81. The van der Waals surface area contributed by atoms with Gasteiger partial charge in [-0.05, 0) is 31.0 Å². The molecule has 5 nitrogen and oxygen atoms in total. The maximum atomic E-state index is 12.4. The second-order valence-corrected chi connectivity index (χ2v) is 6.36. The Morgan fingerprint density at radius 3 is 2.52 bits per heavy atom. The van der Waals surface area contributed by atoms with Gasteiger partial charge in [-0.3, -0.25) is 4.79 Å². The molecular formula is C15H17Cl3N2O3. The number of ether oxygens (including phenoxy) is 1. The Bertz CT molecular complexity index is 575. The third-order valence-corrected chi connectivity index (χ3v) is 4.47. The topological polar surface area (TPSA) is 58.6 Å². The smallest absolute Gasteiger partial charge is 0.407 e. The molecule has 2 amide bonds. The minimum absolute atomic E-state index is 0.00400. The van der Waals surface area contributed by atoms with Crippen LogP contribution in [0.25, 0.3) is 0 Å². The molecule has 1 aromatic rings. The van der Waals surface area contributed by atoms with Gasteiger partial charge < -0.3 is 15.0 Å². The van der Waals surface area contributed by atoms with E-state index < -0.39 is 6.09 Å². The van der Waals surface area contributed by atoms with Crippen LogP contribution in [0, 0.1) is 0 Å². The summed E-state index contributed by atoms with van der Waals surface area (Å²) in [6, 6.07) is 4.83. The summed E-state index contributed by atoms with van der Waals surface area (Å²) in [4.78, 5) is 25.6. The van der Waals surface area contributed by atoms with Crippen LogP contribution >= 0.6 is 34.8 Å². The standard InChI is InChI=1S/C15H17Cl3N2O3/c16-5-8-23-15(22)19-11-3-6-20(7-4-11)14(21)10-1-2-12(17)13(18)9-10/h1-2,9,11H,3-8H2,(H,19,22). The van der Waals surface area contributed by atoms with Crippen LogP contribution in [0.2, 0.25) is 10.0 Å². The van der Waals surface area contributed by atoms with Crippen LogP contribution in [-0.4, -0.2) is 48.5 Å². The molecule has 0 spiro atoms. The van der Waals surface area contributed by atoms with Gasteiger partial charge in [0, 0.05) is 24.7 Å². The van der Waals surface area contributed by atoms with Crippen LogP contribution in [-0.2, 0) is 4.74 Å². The first-order valence-corrected chi connectivity index (χ1v) is 8.54. The van der Waals surface area contributed by atoms with Crippen LogP contribution in [0.1, 0.15) is 23.2 Å². The summed E-state index contributed by atoms with van der Waals surface area (Å²) < 4.78 is 4.87. The number of nitrogens with one attached hydrogen (secondary N) is 1. The minimum atomic E-state index is -0.472. The number of rotatable bonds is 4. The molecule has 0 radical (unpaired) electrons. The van der Waals surface area contributed by atoms with Gasteiger partial charge in [0.15, 0.2) is 0 Å². The number of alkyl carbamates (subject to hydrolysis) is 1. The van der Waals surface area contributed by atoms with Crippen molar-refractivity contribution in [2.45, 2.75) is 18.9 Å². The first-order valence-electron chi connectivity index (χ1n) is 7.25. The van der Waals surface area contributed by atoms with Gasteiger partial charge in [-0.1, -0.05) is 23.2 Å². The average Bonchev–Trinajstić information content (AvgIpc) is 2.55.